The third kappa shape index (κ3) is 4.76. The Labute approximate surface area is 161 Å². The van der Waals surface area contributed by atoms with Crippen molar-refractivity contribution in [2.45, 2.75) is 25.8 Å². The SMILES string of the molecule is CCOc1cccc(C(C)NC(=O)C(c2ccccc2)c2ccccc2)c1. The fraction of sp³-hybridized carbons (Fsp3) is 0.208. The largest absolute Gasteiger partial charge is 0.494 e. The molecule has 1 amide bonds. The number of benzene rings is 3. The van der Waals surface area contributed by atoms with Crippen molar-refractivity contribution >= 4 is 5.91 Å². The van der Waals surface area contributed by atoms with Crippen molar-refractivity contribution in [2.24, 2.45) is 0 Å². The lowest BCUT2D eigenvalue weighted by Gasteiger charge is -2.22. The molecule has 0 radical (unpaired) electrons. The summed E-state index contributed by atoms with van der Waals surface area (Å²) in [4.78, 5) is 13.2. The molecule has 0 aliphatic carbocycles. The second kappa shape index (κ2) is 9.04. The monoisotopic (exact) mass is 359 g/mol. The molecule has 138 valence electrons. The van der Waals surface area contributed by atoms with Crippen LogP contribution < -0.4 is 10.1 Å². The number of hydrogen-bond acceptors (Lipinski definition) is 2. The van der Waals surface area contributed by atoms with E-state index in [1.54, 1.807) is 0 Å². The van der Waals surface area contributed by atoms with Gasteiger partial charge in [-0.25, -0.2) is 0 Å². The summed E-state index contributed by atoms with van der Waals surface area (Å²) >= 11 is 0. The highest BCUT2D eigenvalue weighted by Gasteiger charge is 2.24. The zero-order valence-electron chi connectivity index (χ0n) is 15.8. The van der Waals surface area contributed by atoms with E-state index in [1.807, 2.05) is 98.8 Å². The number of hydrogen-bond donors (Lipinski definition) is 1. The molecule has 0 fully saturated rings. The van der Waals surface area contributed by atoms with Crippen LogP contribution in [0.1, 0.15) is 42.5 Å². The highest BCUT2D eigenvalue weighted by Crippen LogP contribution is 2.26. The van der Waals surface area contributed by atoms with E-state index < -0.39 is 0 Å². The Kier molecular flexibility index (Phi) is 6.26. The normalized spacial score (nSPS) is 11.8. The molecule has 3 rings (SSSR count). The number of nitrogens with one attached hydrogen (secondary N) is 1. The van der Waals surface area contributed by atoms with Crippen LogP contribution in [-0.4, -0.2) is 12.5 Å². The van der Waals surface area contributed by atoms with Crippen molar-refractivity contribution in [1.82, 2.24) is 5.32 Å². The van der Waals surface area contributed by atoms with Crippen molar-refractivity contribution in [3.05, 3.63) is 102 Å². The molecule has 0 saturated heterocycles. The highest BCUT2D eigenvalue weighted by atomic mass is 16.5. The van der Waals surface area contributed by atoms with Crippen molar-refractivity contribution in [3.63, 3.8) is 0 Å². The third-order valence-electron chi connectivity index (χ3n) is 4.56. The summed E-state index contributed by atoms with van der Waals surface area (Å²) in [5, 5.41) is 3.17. The number of carbonyl (C=O) groups is 1. The molecule has 3 nitrogen and oxygen atoms in total. The molecule has 0 saturated carbocycles. The second-order valence-corrected chi connectivity index (χ2v) is 6.49. The first-order valence-corrected chi connectivity index (χ1v) is 9.32. The van der Waals surface area contributed by atoms with Crippen LogP contribution in [-0.2, 0) is 4.79 Å². The first-order chi connectivity index (χ1) is 13.2. The molecule has 0 spiro atoms. The van der Waals surface area contributed by atoms with Crippen LogP contribution in [0, 0.1) is 0 Å². The zero-order chi connectivity index (χ0) is 19.1. The van der Waals surface area contributed by atoms with Crippen LogP contribution in [0.3, 0.4) is 0 Å². The molecule has 1 N–H and O–H groups in total. The quantitative estimate of drug-likeness (QED) is 0.638. The first-order valence-electron chi connectivity index (χ1n) is 9.32. The standard InChI is InChI=1S/C24H25NO2/c1-3-27-22-16-10-15-21(17-22)18(2)25-24(26)23(19-11-6-4-7-12-19)20-13-8-5-9-14-20/h4-18,23H,3H2,1-2H3,(H,25,26). The van der Waals surface area contributed by atoms with Gasteiger partial charge < -0.3 is 10.1 Å². The maximum absolute atomic E-state index is 13.2. The van der Waals surface area contributed by atoms with Gasteiger partial charge in [0.05, 0.1) is 18.6 Å². The van der Waals surface area contributed by atoms with Gasteiger partial charge in [-0.2, -0.15) is 0 Å². The van der Waals surface area contributed by atoms with Gasteiger partial charge in [-0.3, -0.25) is 4.79 Å². The van der Waals surface area contributed by atoms with E-state index in [1.165, 1.54) is 0 Å². The van der Waals surface area contributed by atoms with E-state index in [0.717, 1.165) is 22.4 Å². The summed E-state index contributed by atoms with van der Waals surface area (Å²) in [5.41, 5.74) is 2.99. The molecule has 1 unspecified atom stereocenters. The van der Waals surface area contributed by atoms with E-state index in [0.29, 0.717) is 6.61 Å². The van der Waals surface area contributed by atoms with E-state index in [2.05, 4.69) is 5.32 Å². The lowest BCUT2D eigenvalue weighted by molar-refractivity contribution is -0.122. The van der Waals surface area contributed by atoms with Crippen LogP contribution in [0.4, 0.5) is 0 Å². The number of ether oxygens (including phenoxy) is 1. The summed E-state index contributed by atoms with van der Waals surface area (Å²) < 4.78 is 5.58. The predicted octanol–water partition coefficient (Wildman–Crippen LogP) is 5.09. The molecular formula is C24H25NO2. The van der Waals surface area contributed by atoms with Crippen molar-refractivity contribution in [3.8, 4) is 5.75 Å². The maximum Gasteiger partial charge on any atom is 0.232 e. The van der Waals surface area contributed by atoms with Gasteiger partial charge in [0.2, 0.25) is 5.91 Å². The molecular weight excluding hydrogens is 334 g/mol. The lowest BCUT2D eigenvalue weighted by atomic mass is 9.90. The Morgan fingerprint density at radius 3 is 1.96 bits per heavy atom. The average Bonchev–Trinajstić information content (AvgIpc) is 2.70. The van der Waals surface area contributed by atoms with Gasteiger partial charge in [-0.05, 0) is 42.7 Å². The average molecular weight is 359 g/mol. The molecule has 1 atom stereocenters. The minimum atomic E-state index is -0.343. The summed E-state index contributed by atoms with van der Waals surface area (Å²) in [5.74, 6) is 0.463. The van der Waals surface area contributed by atoms with Gasteiger partial charge >= 0.3 is 0 Å². The second-order valence-electron chi connectivity index (χ2n) is 6.49. The number of rotatable bonds is 7. The van der Waals surface area contributed by atoms with Gasteiger partial charge in [0.15, 0.2) is 0 Å². The predicted molar refractivity (Wildman–Crippen MR) is 109 cm³/mol. The van der Waals surface area contributed by atoms with E-state index in [4.69, 9.17) is 4.74 Å². The Morgan fingerprint density at radius 2 is 1.41 bits per heavy atom. The molecule has 3 aromatic carbocycles. The van der Waals surface area contributed by atoms with Crippen LogP contribution in [0.25, 0.3) is 0 Å². The molecule has 0 bridgehead atoms. The van der Waals surface area contributed by atoms with Gasteiger partial charge in [-0.15, -0.1) is 0 Å². The first kappa shape index (κ1) is 18.7. The Balaban J connectivity index is 1.83. The molecule has 3 heteroatoms. The van der Waals surface area contributed by atoms with Crippen LogP contribution in [0.2, 0.25) is 0 Å². The van der Waals surface area contributed by atoms with Crippen molar-refractivity contribution in [2.75, 3.05) is 6.61 Å². The summed E-state index contributed by atoms with van der Waals surface area (Å²) in [6, 6.07) is 27.5. The molecule has 0 aromatic heterocycles. The van der Waals surface area contributed by atoms with Gasteiger partial charge in [0.1, 0.15) is 5.75 Å². The van der Waals surface area contributed by atoms with E-state index in [-0.39, 0.29) is 17.9 Å². The Bertz CT molecular complexity index is 822. The van der Waals surface area contributed by atoms with Gasteiger partial charge in [-0.1, -0.05) is 72.8 Å². The Morgan fingerprint density at radius 1 is 0.852 bits per heavy atom. The van der Waals surface area contributed by atoms with Crippen molar-refractivity contribution < 1.29 is 9.53 Å². The molecule has 0 aliphatic heterocycles. The zero-order valence-corrected chi connectivity index (χ0v) is 15.8. The lowest BCUT2D eigenvalue weighted by Crippen LogP contribution is -2.32. The summed E-state index contributed by atoms with van der Waals surface area (Å²) in [6.07, 6.45) is 0. The Hall–Kier alpha value is -3.07. The minimum Gasteiger partial charge on any atom is -0.494 e. The van der Waals surface area contributed by atoms with Crippen LogP contribution in [0.15, 0.2) is 84.9 Å². The highest BCUT2D eigenvalue weighted by molar-refractivity contribution is 5.87. The van der Waals surface area contributed by atoms with Gasteiger partial charge in [0, 0.05) is 0 Å². The fourth-order valence-corrected chi connectivity index (χ4v) is 3.21. The van der Waals surface area contributed by atoms with Gasteiger partial charge in [0.25, 0.3) is 0 Å². The molecule has 3 aromatic rings. The van der Waals surface area contributed by atoms with Crippen LogP contribution in [0.5, 0.6) is 5.75 Å². The third-order valence-corrected chi connectivity index (χ3v) is 4.56. The fourth-order valence-electron chi connectivity index (χ4n) is 3.21. The number of amides is 1. The molecule has 0 aliphatic rings. The van der Waals surface area contributed by atoms with E-state index >= 15 is 0 Å². The summed E-state index contributed by atoms with van der Waals surface area (Å²) in [6.45, 7) is 4.58. The molecule has 0 heterocycles. The van der Waals surface area contributed by atoms with Crippen LogP contribution >= 0.6 is 0 Å². The molecule has 27 heavy (non-hydrogen) atoms. The topological polar surface area (TPSA) is 38.3 Å². The maximum atomic E-state index is 13.2. The smallest absolute Gasteiger partial charge is 0.232 e. The number of carbonyl (C=O) groups excluding carboxylic acids is 1. The van der Waals surface area contributed by atoms with Crippen molar-refractivity contribution in [1.29, 1.82) is 0 Å². The minimum absolute atomic E-state index is 0.0123. The van der Waals surface area contributed by atoms with E-state index in [9.17, 15) is 4.79 Å². The summed E-state index contributed by atoms with van der Waals surface area (Å²) in [7, 11) is 0.